The lowest BCUT2D eigenvalue weighted by Gasteiger charge is -2.11. The number of para-hydroxylation sites is 1. The maximum Gasteiger partial charge on any atom is 0.162 e. The van der Waals surface area contributed by atoms with E-state index in [-0.39, 0.29) is 0 Å². The molecule has 0 bridgehead atoms. The third-order valence-electron chi connectivity index (χ3n) is 3.74. The Morgan fingerprint density at radius 3 is 2.21 bits per heavy atom. The first-order chi connectivity index (χ1) is 11.8. The fourth-order valence-corrected chi connectivity index (χ4v) is 2.92. The van der Waals surface area contributed by atoms with Gasteiger partial charge in [-0.05, 0) is 59.0 Å². The molecule has 4 aromatic rings. The largest absolute Gasteiger partial charge is 0.340 e. The van der Waals surface area contributed by atoms with Gasteiger partial charge in [-0.2, -0.15) is 0 Å². The summed E-state index contributed by atoms with van der Waals surface area (Å²) in [5.41, 5.74) is 2.95. The molecule has 4 heteroatoms. The number of benzene rings is 3. The second-order valence-electron chi connectivity index (χ2n) is 5.41. The van der Waals surface area contributed by atoms with Gasteiger partial charge in [0.05, 0.1) is 5.52 Å². The molecule has 0 atom stereocenters. The molecule has 0 radical (unpaired) electrons. The molecule has 3 nitrogen and oxygen atoms in total. The van der Waals surface area contributed by atoms with Gasteiger partial charge in [-0.25, -0.2) is 9.97 Å². The molecule has 116 valence electrons. The van der Waals surface area contributed by atoms with Crippen LogP contribution in [-0.2, 0) is 0 Å². The first-order valence-corrected chi connectivity index (χ1v) is 8.72. The normalized spacial score (nSPS) is 10.7. The van der Waals surface area contributed by atoms with Gasteiger partial charge >= 0.3 is 0 Å². The zero-order chi connectivity index (χ0) is 16.4. The summed E-state index contributed by atoms with van der Waals surface area (Å²) in [7, 11) is 0. The highest BCUT2D eigenvalue weighted by atomic mass is 127. The lowest BCUT2D eigenvalue weighted by atomic mass is 10.2. The van der Waals surface area contributed by atoms with Crippen molar-refractivity contribution in [2.75, 3.05) is 5.32 Å². The summed E-state index contributed by atoms with van der Waals surface area (Å²) in [6.45, 7) is 0. The molecular weight excluding hydrogens is 409 g/mol. The van der Waals surface area contributed by atoms with Crippen molar-refractivity contribution in [3.63, 3.8) is 0 Å². The van der Waals surface area contributed by atoms with E-state index < -0.39 is 0 Å². The zero-order valence-corrected chi connectivity index (χ0v) is 14.9. The van der Waals surface area contributed by atoms with Crippen molar-refractivity contribution in [2.45, 2.75) is 0 Å². The highest BCUT2D eigenvalue weighted by Crippen LogP contribution is 2.27. The predicted molar refractivity (Wildman–Crippen MR) is 107 cm³/mol. The molecule has 4 rings (SSSR count). The average Bonchev–Trinajstić information content (AvgIpc) is 2.64. The third kappa shape index (κ3) is 3.10. The summed E-state index contributed by atoms with van der Waals surface area (Å²) in [6, 6.07) is 26.4. The van der Waals surface area contributed by atoms with E-state index in [9.17, 15) is 0 Å². The Labute approximate surface area is 153 Å². The Hall–Kier alpha value is -2.47. The van der Waals surface area contributed by atoms with Crippen LogP contribution in [0.1, 0.15) is 0 Å². The summed E-state index contributed by atoms with van der Waals surface area (Å²) in [5, 5.41) is 4.44. The van der Waals surface area contributed by atoms with Crippen molar-refractivity contribution in [3.8, 4) is 11.4 Å². The zero-order valence-electron chi connectivity index (χ0n) is 12.8. The van der Waals surface area contributed by atoms with Crippen molar-refractivity contribution in [2.24, 2.45) is 0 Å². The number of hydrogen-bond acceptors (Lipinski definition) is 3. The Balaban J connectivity index is 1.85. The monoisotopic (exact) mass is 423 g/mol. The van der Waals surface area contributed by atoms with Gasteiger partial charge in [0.2, 0.25) is 0 Å². The van der Waals surface area contributed by atoms with Crippen molar-refractivity contribution in [1.82, 2.24) is 9.97 Å². The molecule has 1 heterocycles. The van der Waals surface area contributed by atoms with E-state index >= 15 is 0 Å². The number of nitrogens with one attached hydrogen (secondary N) is 1. The third-order valence-corrected chi connectivity index (χ3v) is 4.46. The highest BCUT2D eigenvalue weighted by molar-refractivity contribution is 14.1. The van der Waals surface area contributed by atoms with Gasteiger partial charge in [0.25, 0.3) is 0 Å². The molecule has 1 N–H and O–H groups in total. The Bertz CT molecular complexity index is 983. The van der Waals surface area contributed by atoms with Crippen LogP contribution >= 0.6 is 22.6 Å². The van der Waals surface area contributed by atoms with Gasteiger partial charge in [0.1, 0.15) is 5.82 Å². The molecule has 0 spiro atoms. The number of rotatable bonds is 3. The van der Waals surface area contributed by atoms with Crippen molar-refractivity contribution in [3.05, 3.63) is 82.4 Å². The van der Waals surface area contributed by atoms with E-state index in [1.54, 1.807) is 0 Å². The fraction of sp³-hybridized carbons (Fsp3) is 0. The number of anilines is 2. The highest BCUT2D eigenvalue weighted by Gasteiger charge is 2.09. The van der Waals surface area contributed by atoms with Crippen LogP contribution in [0.3, 0.4) is 0 Å². The molecule has 1 aromatic heterocycles. The van der Waals surface area contributed by atoms with Gasteiger partial charge < -0.3 is 5.32 Å². The number of halogens is 1. The predicted octanol–water partition coefficient (Wildman–Crippen LogP) is 5.65. The lowest BCUT2D eigenvalue weighted by molar-refractivity contribution is 1.22. The maximum atomic E-state index is 4.76. The van der Waals surface area contributed by atoms with Crippen molar-refractivity contribution < 1.29 is 0 Å². The van der Waals surface area contributed by atoms with E-state index in [1.807, 2.05) is 54.6 Å². The fourth-order valence-electron chi connectivity index (χ4n) is 2.56. The molecule has 0 saturated heterocycles. The van der Waals surface area contributed by atoms with E-state index in [4.69, 9.17) is 9.97 Å². The van der Waals surface area contributed by atoms with Crippen LogP contribution in [0.25, 0.3) is 22.3 Å². The van der Waals surface area contributed by atoms with Gasteiger partial charge in [-0.3, -0.25) is 0 Å². The second-order valence-corrected chi connectivity index (χ2v) is 6.66. The van der Waals surface area contributed by atoms with Gasteiger partial charge in [-0.1, -0.05) is 42.5 Å². The maximum absolute atomic E-state index is 4.76. The molecule has 0 aliphatic carbocycles. The van der Waals surface area contributed by atoms with Crippen LogP contribution in [0.5, 0.6) is 0 Å². The van der Waals surface area contributed by atoms with E-state index in [0.717, 1.165) is 33.8 Å². The Morgan fingerprint density at radius 2 is 1.42 bits per heavy atom. The minimum atomic E-state index is 0.724. The van der Waals surface area contributed by atoms with E-state index in [0.29, 0.717) is 0 Å². The Kier molecular flexibility index (Phi) is 4.13. The van der Waals surface area contributed by atoms with Crippen LogP contribution in [0.2, 0.25) is 0 Å². The smallest absolute Gasteiger partial charge is 0.162 e. The summed E-state index contributed by atoms with van der Waals surface area (Å²) < 4.78 is 1.20. The average molecular weight is 423 g/mol. The molecule has 0 saturated carbocycles. The number of aromatic nitrogens is 2. The van der Waals surface area contributed by atoms with Crippen molar-refractivity contribution in [1.29, 1.82) is 0 Å². The number of nitrogens with zero attached hydrogens (tertiary/aromatic N) is 2. The second kappa shape index (κ2) is 6.57. The standard InChI is InChI=1S/C20H14IN3/c21-15-10-12-16(13-11-15)22-20-17-8-4-5-9-18(17)23-19(24-20)14-6-2-1-3-7-14/h1-13H,(H,22,23,24). The number of hydrogen-bond donors (Lipinski definition) is 1. The molecule has 24 heavy (non-hydrogen) atoms. The van der Waals surface area contributed by atoms with E-state index in [2.05, 4.69) is 52.2 Å². The van der Waals surface area contributed by atoms with Gasteiger partial charge in [0.15, 0.2) is 5.82 Å². The van der Waals surface area contributed by atoms with Gasteiger partial charge in [0, 0.05) is 20.2 Å². The summed E-state index contributed by atoms with van der Waals surface area (Å²) in [6.07, 6.45) is 0. The van der Waals surface area contributed by atoms with Crippen LogP contribution in [0.4, 0.5) is 11.5 Å². The van der Waals surface area contributed by atoms with Crippen LogP contribution < -0.4 is 5.32 Å². The summed E-state index contributed by atoms with van der Waals surface area (Å²) >= 11 is 2.30. The molecule has 0 unspecified atom stereocenters. The SMILES string of the molecule is Ic1ccc(Nc2nc(-c3ccccc3)nc3ccccc23)cc1. The lowest BCUT2D eigenvalue weighted by Crippen LogP contribution is -1.99. The summed E-state index contributed by atoms with van der Waals surface area (Å²) in [5.74, 6) is 1.54. The van der Waals surface area contributed by atoms with Crippen LogP contribution in [0.15, 0.2) is 78.9 Å². The van der Waals surface area contributed by atoms with Crippen LogP contribution in [0, 0.1) is 3.57 Å². The topological polar surface area (TPSA) is 37.8 Å². The first-order valence-electron chi connectivity index (χ1n) is 7.64. The molecule has 0 aliphatic heterocycles. The molecule has 0 amide bonds. The first kappa shape index (κ1) is 15.1. The quantitative estimate of drug-likeness (QED) is 0.433. The van der Waals surface area contributed by atoms with Crippen molar-refractivity contribution >= 4 is 45.0 Å². The van der Waals surface area contributed by atoms with Crippen LogP contribution in [-0.4, -0.2) is 9.97 Å². The van der Waals surface area contributed by atoms with Gasteiger partial charge in [-0.15, -0.1) is 0 Å². The molecule has 0 aliphatic rings. The molecule has 3 aromatic carbocycles. The summed E-state index contributed by atoms with van der Waals surface area (Å²) in [4.78, 5) is 9.47. The van der Waals surface area contributed by atoms with E-state index in [1.165, 1.54) is 3.57 Å². The number of fused-ring (bicyclic) bond motifs is 1. The molecular formula is C20H14IN3. The Morgan fingerprint density at radius 1 is 0.708 bits per heavy atom. The minimum absolute atomic E-state index is 0.724. The molecule has 0 fully saturated rings. The minimum Gasteiger partial charge on any atom is -0.340 e.